The average molecular weight is 216 g/mol. The molecule has 1 saturated carbocycles. The second-order valence-electron chi connectivity index (χ2n) is 4.47. The van der Waals surface area contributed by atoms with E-state index in [4.69, 9.17) is 5.73 Å². The van der Waals surface area contributed by atoms with Gasteiger partial charge in [0.2, 0.25) is 0 Å². The summed E-state index contributed by atoms with van der Waals surface area (Å²) in [5.41, 5.74) is 6.19. The first-order chi connectivity index (χ1) is 6.77. The van der Waals surface area contributed by atoms with Gasteiger partial charge in [-0.15, -0.1) is 0 Å². The molecule has 0 unspecified atom stereocenters. The Labute approximate surface area is 88.5 Å². The summed E-state index contributed by atoms with van der Waals surface area (Å²) in [4.78, 5) is 2.50. The smallest absolute Gasteiger partial charge is 0.0363 e. The van der Waals surface area contributed by atoms with Crippen LogP contribution in [0.15, 0.2) is 0 Å². The van der Waals surface area contributed by atoms with Gasteiger partial charge in [-0.25, -0.2) is 0 Å². The first-order valence-corrected chi connectivity index (χ1v) is 7.06. The Hall–Kier alpha value is 0.0700. The van der Waals surface area contributed by atoms with Crippen LogP contribution in [0.1, 0.15) is 25.7 Å². The highest BCUT2D eigenvalue weighted by molar-refractivity contribution is 7.85. The molecule has 0 aromatic rings. The third kappa shape index (κ3) is 1.88. The van der Waals surface area contributed by atoms with Crippen LogP contribution in [0.5, 0.6) is 0 Å². The van der Waals surface area contributed by atoms with Gasteiger partial charge < -0.3 is 5.73 Å². The molecule has 2 aliphatic rings. The molecule has 0 aromatic heterocycles. The molecule has 4 heteroatoms. The Morgan fingerprint density at radius 2 is 1.79 bits per heavy atom. The minimum atomic E-state index is -0.564. The molecule has 2 rings (SSSR count). The third-order valence-corrected chi connectivity index (χ3v) is 5.04. The maximum Gasteiger partial charge on any atom is 0.0363 e. The van der Waals surface area contributed by atoms with Gasteiger partial charge in [-0.1, -0.05) is 12.8 Å². The molecule has 3 nitrogen and oxygen atoms in total. The lowest BCUT2D eigenvalue weighted by atomic mass is 9.95. The molecule has 14 heavy (non-hydrogen) atoms. The zero-order valence-electron chi connectivity index (χ0n) is 8.71. The second-order valence-corrected chi connectivity index (χ2v) is 6.17. The van der Waals surface area contributed by atoms with Gasteiger partial charge in [-0.05, 0) is 12.8 Å². The highest BCUT2D eigenvalue weighted by atomic mass is 32.2. The minimum absolute atomic E-state index is 0.268. The Kier molecular flexibility index (Phi) is 3.24. The van der Waals surface area contributed by atoms with Crippen molar-refractivity contribution in [1.29, 1.82) is 0 Å². The van der Waals surface area contributed by atoms with E-state index < -0.39 is 10.8 Å². The molecule has 2 N–H and O–H groups in total. The van der Waals surface area contributed by atoms with Crippen molar-refractivity contribution in [2.24, 2.45) is 5.73 Å². The number of hydrogen-bond donors (Lipinski definition) is 1. The van der Waals surface area contributed by atoms with E-state index in [0.717, 1.165) is 31.1 Å². The molecule has 1 aliphatic heterocycles. The van der Waals surface area contributed by atoms with E-state index in [1.54, 1.807) is 0 Å². The average Bonchev–Trinajstić information content (AvgIpc) is 2.68. The predicted molar refractivity (Wildman–Crippen MR) is 59.7 cm³/mol. The standard InChI is InChI=1S/C10H20N2OS/c11-9-10(3-1-2-4-10)12-5-7-14(13)8-6-12/h1-9,11H2. The van der Waals surface area contributed by atoms with Gasteiger partial charge in [0.15, 0.2) is 0 Å². The van der Waals surface area contributed by atoms with Crippen molar-refractivity contribution in [3.05, 3.63) is 0 Å². The molecule has 0 amide bonds. The number of hydrogen-bond acceptors (Lipinski definition) is 3. The predicted octanol–water partition coefficient (Wildman–Crippen LogP) is 0.322. The first kappa shape index (κ1) is 10.6. The van der Waals surface area contributed by atoms with Crippen molar-refractivity contribution in [1.82, 2.24) is 4.90 Å². The molecule has 2 fully saturated rings. The zero-order chi connectivity index (χ0) is 10.0. The zero-order valence-corrected chi connectivity index (χ0v) is 9.52. The summed E-state index contributed by atoms with van der Waals surface area (Å²) in [5.74, 6) is 1.70. The van der Waals surface area contributed by atoms with E-state index in [0.29, 0.717) is 0 Å². The van der Waals surface area contributed by atoms with Crippen LogP contribution in [0.4, 0.5) is 0 Å². The molecule has 0 bridgehead atoms. The van der Waals surface area contributed by atoms with Crippen LogP contribution in [0, 0.1) is 0 Å². The van der Waals surface area contributed by atoms with Gasteiger partial charge in [0, 0.05) is 47.5 Å². The minimum Gasteiger partial charge on any atom is -0.329 e. The quantitative estimate of drug-likeness (QED) is 0.723. The Morgan fingerprint density at radius 1 is 1.21 bits per heavy atom. The van der Waals surface area contributed by atoms with Crippen LogP contribution in [0.25, 0.3) is 0 Å². The van der Waals surface area contributed by atoms with Crippen molar-refractivity contribution in [3.8, 4) is 0 Å². The molecule has 1 saturated heterocycles. The van der Waals surface area contributed by atoms with E-state index in [-0.39, 0.29) is 5.54 Å². The molecule has 1 heterocycles. The van der Waals surface area contributed by atoms with Crippen molar-refractivity contribution in [2.45, 2.75) is 31.2 Å². The van der Waals surface area contributed by atoms with E-state index >= 15 is 0 Å². The largest absolute Gasteiger partial charge is 0.329 e. The SMILES string of the molecule is NCC1(N2CCS(=O)CC2)CCCC1. The van der Waals surface area contributed by atoms with Gasteiger partial charge in [-0.2, -0.15) is 0 Å². The molecule has 0 aromatic carbocycles. The number of nitrogens with zero attached hydrogens (tertiary/aromatic N) is 1. The maximum absolute atomic E-state index is 11.3. The Balaban J connectivity index is 2.01. The fourth-order valence-corrected chi connectivity index (χ4v) is 3.85. The van der Waals surface area contributed by atoms with Gasteiger partial charge in [0.05, 0.1) is 0 Å². The van der Waals surface area contributed by atoms with Crippen LogP contribution in [-0.4, -0.2) is 45.8 Å². The summed E-state index contributed by atoms with van der Waals surface area (Å²) in [6.07, 6.45) is 5.12. The maximum atomic E-state index is 11.3. The van der Waals surface area contributed by atoms with Gasteiger partial charge in [0.1, 0.15) is 0 Å². The normalized spacial score (nSPS) is 29.5. The lowest BCUT2D eigenvalue weighted by Crippen LogP contribution is -2.56. The van der Waals surface area contributed by atoms with Crippen LogP contribution in [0.2, 0.25) is 0 Å². The summed E-state index contributed by atoms with van der Waals surface area (Å²) >= 11 is 0. The molecular weight excluding hydrogens is 196 g/mol. The number of rotatable bonds is 2. The van der Waals surface area contributed by atoms with E-state index in [2.05, 4.69) is 4.90 Å². The van der Waals surface area contributed by atoms with Crippen LogP contribution >= 0.6 is 0 Å². The highest BCUT2D eigenvalue weighted by Gasteiger charge is 2.39. The second kappa shape index (κ2) is 4.29. The Bertz CT molecular complexity index is 216. The molecule has 1 aliphatic carbocycles. The summed E-state index contributed by atoms with van der Waals surface area (Å²) < 4.78 is 11.3. The molecule has 0 atom stereocenters. The monoisotopic (exact) mass is 216 g/mol. The third-order valence-electron chi connectivity index (χ3n) is 3.76. The summed E-state index contributed by atoms with van der Waals surface area (Å²) in [6, 6.07) is 0. The lowest BCUT2D eigenvalue weighted by Gasteiger charge is -2.42. The van der Waals surface area contributed by atoms with Crippen molar-refractivity contribution in [3.63, 3.8) is 0 Å². The van der Waals surface area contributed by atoms with Gasteiger partial charge >= 0.3 is 0 Å². The van der Waals surface area contributed by atoms with E-state index in [1.807, 2.05) is 0 Å². The summed E-state index contributed by atoms with van der Waals surface area (Å²) in [6.45, 7) is 2.76. The molecule has 82 valence electrons. The van der Waals surface area contributed by atoms with Crippen LogP contribution < -0.4 is 5.73 Å². The van der Waals surface area contributed by atoms with Crippen LogP contribution in [-0.2, 0) is 10.8 Å². The highest BCUT2D eigenvalue weighted by Crippen LogP contribution is 2.34. The molecule has 0 spiro atoms. The van der Waals surface area contributed by atoms with Crippen molar-refractivity contribution >= 4 is 10.8 Å². The van der Waals surface area contributed by atoms with Gasteiger partial charge in [0.25, 0.3) is 0 Å². The summed E-state index contributed by atoms with van der Waals surface area (Å²) in [5, 5.41) is 0. The lowest BCUT2D eigenvalue weighted by molar-refractivity contribution is 0.111. The first-order valence-electron chi connectivity index (χ1n) is 5.57. The topological polar surface area (TPSA) is 46.3 Å². The fraction of sp³-hybridized carbons (Fsp3) is 1.00. The van der Waals surface area contributed by atoms with Gasteiger partial charge in [-0.3, -0.25) is 9.11 Å². The van der Waals surface area contributed by atoms with E-state index in [9.17, 15) is 4.21 Å². The molecule has 0 radical (unpaired) electrons. The van der Waals surface area contributed by atoms with E-state index in [1.165, 1.54) is 25.7 Å². The van der Waals surface area contributed by atoms with Crippen molar-refractivity contribution in [2.75, 3.05) is 31.1 Å². The molecular formula is C10H20N2OS. The van der Waals surface area contributed by atoms with Crippen LogP contribution in [0.3, 0.4) is 0 Å². The Morgan fingerprint density at radius 3 is 2.29 bits per heavy atom. The number of nitrogens with two attached hydrogens (primary N) is 1. The summed E-state index contributed by atoms with van der Waals surface area (Å²) in [7, 11) is -0.564. The fourth-order valence-electron chi connectivity index (χ4n) is 2.79. The van der Waals surface area contributed by atoms with Crippen molar-refractivity contribution < 1.29 is 4.21 Å².